The van der Waals surface area contributed by atoms with Crippen LogP contribution in [0.2, 0.25) is 0 Å². The number of hydrogen-bond donors (Lipinski definition) is 0. The topological polar surface area (TPSA) is 115 Å². The Morgan fingerprint density at radius 2 is 2.04 bits per heavy atom. The van der Waals surface area contributed by atoms with Crippen molar-refractivity contribution in [2.75, 3.05) is 5.75 Å². The summed E-state index contributed by atoms with van der Waals surface area (Å²) in [6, 6.07) is 9.88. The van der Waals surface area contributed by atoms with Gasteiger partial charge in [0.05, 0.1) is 10.2 Å². The van der Waals surface area contributed by atoms with Crippen LogP contribution in [-0.2, 0) is 14.9 Å². The van der Waals surface area contributed by atoms with Crippen LogP contribution >= 0.6 is 23.1 Å². The Kier molecular flexibility index (Phi) is 4.96. The van der Waals surface area contributed by atoms with Crippen LogP contribution in [0.3, 0.4) is 0 Å². The smallest absolute Gasteiger partial charge is 0.341 e. The fraction of sp³-hybridized carbons (Fsp3) is 0.118. The highest BCUT2D eigenvalue weighted by Crippen LogP contribution is 2.33. The molecule has 142 valence electrons. The molecule has 2 aromatic carbocycles. The van der Waals surface area contributed by atoms with Gasteiger partial charge >= 0.3 is 10.1 Å². The molecule has 0 saturated carbocycles. The minimum atomic E-state index is -4.22. The average molecular weight is 433 g/mol. The van der Waals surface area contributed by atoms with Gasteiger partial charge in [-0.25, -0.2) is 4.98 Å². The maximum atomic E-state index is 12.5. The third-order valence-corrected chi connectivity index (χ3v) is 7.34. The standard InChI is InChI=1S/C17H11N3O5S3/c21-8-10-9-26-16(18-10)17-19-12-6-5-11(7-14(12)27-17)25-28(23,24)15-4-2-1-3-13(15)20-22/h1-8,10H,9H2/t10-/m0/s1. The van der Waals surface area contributed by atoms with E-state index < -0.39 is 10.1 Å². The third kappa shape index (κ3) is 3.55. The van der Waals surface area contributed by atoms with Crippen LogP contribution in [0, 0.1) is 4.91 Å². The zero-order valence-corrected chi connectivity index (χ0v) is 16.5. The lowest BCUT2D eigenvalue weighted by atomic mass is 10.3. The minimum Gasteiger partial charge on any atom is -0.379 e. The molecule has 1 aromatic heterocycles. The van der Waals surface area contributed by atoms with E-state index in [0.29, 0.717) is 26.0 Å². The molecular weight excluding hydrogens is 422 g/mol. The molecule has 1 aliphatic rings. The van der Waals surface area contributed by atoms with Crippen LogP contribution in [0.15, 0.2) is 57.5 Å². The summed E-state index contributed by atoms with van der Waals surface area (Å²) < 4.78 is 30.9. The normalized spacial score (nSPS) is 16.7. The van der Waals surface area contributed by atoms with Crippen LogP contribution in [0.5, 0.6) is 5.75 Å². The van der Waals surface area contributed by atoms with E-state index in [2.05, 4.69) is 15.2 Å². The quantitative estimate of drug-likeness (QED) is 0.332. The van der Waals surface area contributed by atoms with E-state index in [1.54, 1.807) is 12.1 Å². The first-order chi connectivity index (χ1) is 13.5. The Hall–Kier alpha value is -2.63. The van der Waals surface area contributed by atoms with Crippen LogP contribution < -0.4 is 4.18 Å². The number of fused-ring (bicyclic) bond motifs is 1. The predicted molar refractivity (Wildman–Crippen MR) is 108 cm³/mol. The van der Waals surface area contributed by atoms with Crippen molar-refractivity contribution in [2.45, 2.75) is 10.9 Å². The number of nitroso groups, excluding NO2 is 1. The molecule has 0 aliphatic carbocycles. The second kappa shape index (κ2) is 7.41. The highest BCUT2D eigenvalue weighted by atomic mass is 32.2. The van der Waals surface area contributed by atoms with Crippen molar-refractivity contribution in [3.63, 3.8) is 0 Å². The van der Waals surface area contributed by atoms with Gasteiger partial charge in [-0.05, 0) is 29.4 Å². The fourth-order valence-electron chi connectivity index (χ4n) is 2.54. The van der Waals surface area contributed by atoms with E-state index in [4.69, 9.17) is 4.18 Å². The van der Waals surface area contributed by atoms with Gasteiger partial charge in [-0.15, -0.1) is 28.0 Å². The number of thioether (sulfide) groups is 1. The highest BCUT2D eigenvalue weighted by molar-refractivity contribution is 8.15. The molecule has 0 unspecified atom stereocenters. The number of carbonyl (C=O) groups is 1. The van der Waals surface area contributed by atoms with Gasteiger partial charge in [0.2, 0.25) is 0 Å². The largest absolute Gasteiger partial charge is 0.379 e. The van der Waals surface area contributed by atoms with Gasteiger partial charge < -0.3 is 8.98 Å². The van der Waals surface area contributed by atoms with Crippen molar-refractivity contribution >= 4 is 60.5 Å². The molecule has 4 rings (SSSR count). The van der Waals surface area contributed by atoms with Gasteiger partial charge in [-0.1, -0.05) is 12.1 Å². The van der Waals surface area contributed by atoms with E-state index in [0.717, 1.165) is 6.29 Å². The Morgan fingerprint density at radius 1 is 1.21 bits per heavy atom. The first-order valence-corrected chi connectivity index (χ1v) is 11.1. The van der Waals surface area contributed by atoms with E-state index in [9.17, 15) is 18.1 Å². The average Bonchev–Trinajstić information content (AvgIpc) is 3.33. The second-order valence-electron chi connectivity index (χ2n) is 5.69. The number of nitrogens with zero attached hydrogens (tertiary/aromatic N) is 3. The molecule has 0 spiro atoms. The van der Waals surface area contributed by atoms with Crippen LogP contribution in [0.25, 0.3) is 10.2 Å². The SMILES string of the molecule is O=C[C@H]1CSC(c2nc3ccc(OS(=O)(=O)c4ccccc4N=O)cc3s2)=N1. The fourth-order valence-corrected chi connectivity index (χ4v) is 5.64. The number of thiazole rings is 1. The molecule has 8 nitrogen and oxygen atoms in total. The number of hydrogen-bond acceptors (Lipinski definition) is 10. The highest BCUT2D eigenvalue weighted by Gasteiger charge is 2.23. The van der Waals surface area contributed by atoms with E-state index in [1.807, 2.05) is 0 Å². The number of carbonyl (C=O) groups excluding carboxylic acids is 1. The zero-order chi connectivity index (χ0) is 19.7. The molecule has 0 radical (unpaired) electrons. The number of aromatic nitrogens is 1. The Morgan fingerprint density at radius 3 is 2.79 bits per heavy atom. The van der Waals surface area contributed by atoms with Crippen LogP contribution in [-0.4, -0.2) is 36.5 Å². The van der Waals surface area contributed by atoms with Crippen molar-refractivity contribution in [3.05, 3.63) is 52.4 Å². The molecule has 0 fully saturated rings. The summed E-state index contributed by atoms with van der Waals surface area (Å²) in [7, 11) is -4.22. The van der Waals surface area contributed by atoms with Crippen molar-refractivity contribution in [1.82, 2.24) is 4.98 Å². The summed E-state index contributed by atoms with van der Waals surface area (Å²) in [6.07, 6.45) is 0.802. The molecule has 28 heavy (non-hydrogen) atoms. The van der Waals surface area contributed by atoms with Crippen molar-refractivity contribution in [2.24, 2.45) is 10.2 Å². The molecule has 0 bridgehead atoms. The molecule has 0 saturated heterocycles. The summed E-state index contributed by atoms with van der Waals surface area (Å²) >= 11 is 2.79. The van der Waals surface area contributed by atoms with Crippen molar-refractivity contribution < 1.29 is 17.4 Å². The molecule has 0 amide bonds. The summed E-state index contributed by atoms with van der Waals surface area (Å²) in [6.45, 7) is 0. The van der Waals surface area contributed by atoms with Crippen LogP contribution in [0.1, 0.15) is 5.01 Å². The van der Waals surface area contributed by atoms with Gasteiger partial charge in [0, 0.05) is 11.8 Å². The predicted octanol–water partition coefficient (Wildman–Crippen LogP) is 3.52. The van der Waals surface area contributed by atoms with Gasteiger partial charge in [0.15, 0.2) is 0 Å². The minimum absolute atomic E-state index is 0.0928. The lowest BCUT2D eigenvalue weighted by Gasteiger charge is -2.07. The molecular formula is C17H11N3O5S3. The Labute approximate surface area is 167 Å². The number of benzene rings is 2. The first-order valence-electron chi connectivity index (χ1n) is 7.94. The van der Waals surface area contributed by atoms with Crippen molar-refractivity contribution in [1.29, 1.82) is 0 Å². The summed E-state index contributed by atoms with van der Waals surface area (Å²) in [5, 5.41) is 4.09. The molecule has 0 N–H and O–H groups in total. The molecule has 1 aliphatic heterocycles. The molecule has 11 heteroatoms. The Bertz CT molecular complexity index is 1220. The van der Waals surface area contributed by atoms with E-state index in [-0.39, 0.29) is 22.4 Å². The maximum Gasteiger partial charge on any atom is 0.341 e. The van der Waals surface area contributed by atoms with Gasteiger partial charge in [0.1, 0.15) is 38.7 Å². The first kappa shape index (κ1) is 18.7. The summed E-state index contributed by atoms with van der Waals surface area (Å²) in [5.74, 6) is 0.682. The Balaban J connectivity index is 1.65. The van der Waals surface area contributed by atoms with Gasteiger partial charge in [-0.3, -0.25) is 4.99 Å². The van der Waals surface area contributed by atoms with E-state index in [1.165, 1.54) is 53.4 Å². The lowest BCUT2D eigenvalue weighted by Crippen LogP contribution is -2.09. The molecule has 3 aromatic rings. The van der Waals surface area contributed by atoms with Gasteiger partial charge in [-0.2, -0.15) is 8.42 Å². The summed E-state index contributed by atoms with van der Waals surface area (Å²) in [4.78, 5) is 30.2. The molecule has 1 atom stereocenters. The monoisotopic (exact) mass is 433 g/mol. The van der Waals surface area contributed by atoms with Gasteiger partial charge in [0.25, 0.3) is 0 Å². The van der Waals surface area contributed by atoms with Crippen LogP contribution in [0.4, 0.5) is 5.69 Å². The number of rotatable bonds is 6. The summed E-state index contributed by atoms with van der Waals surface area (Å²) in [5.41, 5.74) is 0.446. The maximum absolute atomic E-state index is 12.5. The second-order valence-corrected chi connectivity index (χ2v) is 9.25. The van der Waals surface area contributed by atoms with Crippen molar-refractivity contribution in [3.8, 4) is 5.75 Å². The zero-order valence-electron chi connectivity index (χ0n) is 14.0. The lowest BCUT2D eigenvalue weighted by molar-refractivity contribution is -0.108. The number of aldehydes is 1. The van der Waals surface area contributed by atoms with E-state index >= 15 is 0 Å². The number of aliphatic imine (C=N–C) groups is 1. The third-order valence-electron chi connectivity index (χ3n) is 3.81. The molecule has 2 heterocycles.